The van der Waals surface area contributed by atoms with Gasteiger partial charge < -0.3 is 20.1 Å². The van der Waals surface area contributed by atoms with Crippen molar-refractivity contribution in [2.45, 2.75) is 46.2 Å². The molecule has 0 radical (unpaired) electrons. The average Bonchev–Trinajstić information content (AvgIpc) is 2.47. The molecule has 0 aromatic rings. The summed E-state index contributed by atoms with van der Waals surface area (Å²) in [6.07, 6.45) is 1.10. The van der Waals surface area contributed by atoms with Crippen LogP contribution in [0.25, 0.3) is 0 Å². The first-order chi connectivity index (χ1) is 10.5. The number of methoxy groups -OCH3 is 1. The summed E-state index contributed by atoms with van der Waals surface area (Å²) in [7, 11) is 3.46. The monoisotopic (exact) mass is 444 g/mol. The van der Waals surface area contributed by atoms with E-state index >= 15 is 0 Å². The molecule has 0 atom stereocenters. The molecule has 0 saturated carbocycles. The molecule has 140 valence electrons. The van der Waals surface area contributed by atoms with Crippen molar-refractivity contribution >= 4 is 29.9 Å². The summed E-state index contributed by atoms with van der Waals surface area (Å²) < 4.78 is 10.3. The molecule has 0 rings (SSSR count). The van der Waals surface area contributed by atoms with Crippen molar-refractivity contribution in [1.82, 2.24) is 15.5 Å². The lowest BCUT2D eigenvalue weighted by Gasteiger charge is -2.30. The van der Waals surface area contributed by atoms with Gasteiger partial charge in [0.05, 0.1) is 19.8 Å². The van der Waals surface area contributed by atoms with Gasteiger partial charge in [-0.15, -0.1) is 24.0 Å². The van der Waals surface area contributed by atoms with Crippen LogP contribution in [-0.4, -0.2) is 76.6 Å². The minimum atomic E-state index is 0. The van der Waals surface area contributed by atoms with Crippen LogP contribution in [0.1, 0.15) is 34.1 Å². The van der Waals surface area contributed by atoms with Crippen molar-refractivity contribution < 1.29 is 9.47 Å². The molecule has 0 aliphatic rings. The maximum atomic E-state index is 5.40. The van der Waals surface area contributed by atoms with Gasteiger partial charge in [-0.05, 0) is 34.1 Å². The smallest absolute Gasteiger partial charge is 0.191 e. The van der Waals surface area contributed by atoms with E-state index in [9.17, 15) is 0 Å². The molecule has 23 heavy (non-hydrogen) atoms. The molecular formula is C16H37IN4O2. The molecule has 0 aliphatic heterocycles. The summed E-state index contributed by atoms with van der Waals surface area (Å²) in [4.78, 5) is 6.71. The highest BCUT2D eigenvalue weighted by Crippen LogP contribution is 2.05. The Labute approximate surface area is 159 Å². The fourth-order valence-corrected chi connectivity index (χ4v) is 2.29. The number of rotatable bonds is 12. The number of hydrogen-bond donors (Lipinski definition) is 2. The molecule has 0 aromatic heterocycles. The van der Waals surface area contributed by atoms with E-state index in [1.165, 1.54) is 0 Å². The normalized spacial score (nSPS) is 12.0. The Morgan fingerprint density at radius 1 is 1.00 bits per heavy atom. The first kappa shape index (κ1) is 25.1. The molecule has 0 saturated heterocycles. The summed E-state index contributed by atoms with van der Waals surface area (Å²) in [5.41, 5.74) is 0. The molecule has 0 heterocycles. The lowest BCUT2D eigenvalue weighted by molar-refractivity contribution is 0.0733. The van der Waals surface area contributed by atoms with E-state index in [-0.39, 0.29) is 24.0 Å². The lowest BCUT2D eigenvalue weighted by Crippen LogP contribution is -2.42. The molecule has 0 unspecified atom stereocenters. The molecule has 6 nitrogen and oxygen atoms in total. The second-order valence-electron chi connectivity index (χ2n) is 5.81. The largest absolute Gasteiger partial charge is 0.382 e. The first-order valence-electron chi connectivity index (χ1n) is 8.29. The number of ether oxygens (including phenoxy) is 2. The van der Waals surface area contributed by atoms with E-state index in [2.05, 4.69) is 48.2 Å². The Bertz CT molecular complexity index is 281. The van der Waals surface area contributed by atoms with Crippen LogP contribution in [0.5, 0.6) is 0 Å². The van der Waals surface area contributed by atoms with Gasteiger partial charge in [0, 0.05) is 45.9 Å². The zero-order valence-corrected chi connectivity index (χ0v) is 18.1. The molecule has 0 aromatic carbocycles. The molecule has 7 heteroatoms. The van der Waals surface area contributed by atoms with Gasteiger partial charge in [0.25, 0.3) is 0 Å². The van der Waals surface area contributed by atoms with Gasteiger partial charge in [0.2, 0.25) is 0 Å². The van der Waals surface area contributed by atoms with Gasteiger partial charge in [-0.1, -0.05) is 0 Å². The molecule has 0 bridgehead atoms. The van der Waals surface area contributed by atoms with Crippen molar-refractivity contribution in [2.24, 2.45) is 4.99 Å². The van der Waals surface area contributed by atoms with Crippen molar-refractivity contribution in [3.63, 3.8) is 0 Å². The van der Waals surface area contributed by atoms with Gasteiger partial charge >= 0.3 is 0 Å². The van der Waals surface area contributed by atoms with Crippen molar-refractivity contribution in [1.29, 1.82) is 0 Å². The third kappa shape index (κ3) is 14.0. The standard InChI is InChI=1S/C16H36N4O2.HI/c1-14(2)20(15(3)4)10-7-8-18-16(17-5)19-9-11-22-13-12-21-6;/h14-15H,7-13H2,1-6H3,(H2,17,18,19);1H. The second kappa shape index (κ2) is 16.7. The summed E-state index contributed by atoms with van der Waals surface area (Å²) in [5.74, 6) is 0.830. The number of nitrogens with zero attached hydrogens (tertiary/aromatic N) is 2. The van der Waals surface area contributed by atoms with E-state index in [0.29, 0.717) is 31.9 Å². The minimum Gasteiger partial charge on any atom is -0.382 e. The molecule has 0 spiro atoms. The molecule has 2 N–H and O–H groups in total. The van der Waals surface area contributed by atoms with Crippen LogP contribution in [0.2, 0.25) is 0 Å². The average molecular weight is 444 g/mol. The van der Waals surface area contributed by atoms with Crippen molar-refractivity contribution in [2.75, 3.05) is 53.6 Å². The summed E-state index contributed by atoms with van der Waals surface area (Å²) in [6.45, 7) is 13.7. The van der Waals surface area contributed by atoms with Crippen LogP contribution < -0.4 is 10.6 Å². The topological polar surface area (TPSA) is 58.1 Å². The third-order valence-electron chi connectivity index (χ3n) is 3.41. The quantitative estimate of drug-likeness (QED) is 0.209. The predicted molar refractivity (Wildman–Crippen MR) is 109 cm³/mol. The third-order valence-corrected chi connectivity index (χ3v) is 3.41. The highest BCUT2D eigenvalue weighted by atomic mass is 127. The Kier molecular flexibility index (Phi) is 18.3. The molecule has 0 amide bonds. The number of guanidine groups is 1. The zero-order chi connectivity index (χ0) is 16.8. The fourth-order valence-electron chi connectivity index (χ4n) is 2.29. The summed E-state index contributed by atoms with van der Waals surface area (Å²) in [5, 5.41) is 6.58. The fraction of sp³-hybridized carbons (Fsp3) is 0.938. The van der Waals surface area contributed by atoms with E-state index in [1.807, 2.05) is 0 Å². The SMILES string of the molecule is CN=C(NCCCN(C(C)C)C(C)C)NCCOCCOC.I. The summed E-state index contributed by atoms with van der Waals surface area (Å²) >= 11 is 0. The zero-order valence-electron chi connectivity index (χ0n) is 15.7. The molecule has 0 fully saturated rings. The maximum Gasteiger partial charge on any atom is 0.191 e. The number of aliphatic imine (C=N–C) groups is 1. The van der Waals surface area contributed by atoms with E-state index in [4.69, 9.17) is 9.47 Å². The van der Waals surface area contributed by atoms with Crippen LogP contribution in [-0.2, 0) is 9.47 Å². The van der Waals surface area contributed by atoms with Crippen LogP contribution in [0, 0.1) is 0 Å². The number of hydrogen-bond acceptors (Lipinski definition) is 4. The van der Waals surface area contributed by atoms with E-state index in [1.54, 1.807) is 14.2 Å². The molecule has 0 aliphatic carbocycles. The highest BCUT2D eigenvalue weighted by molar-refractivity contribution is 14.0. The Morgan fingerprint density at radius 2 is 1.61 bits per heavy atom. The number of halogens is 1. The van der Waals surface area contributed by atoms with E-state index in [0.717, 1.165) is 32.0 Å². The van der Waals surface area contributed by atoms with Gasteiger partial charge in [0.1, 0.15) is 0 Å². The Balaban J connectivity index is 0. The minimum absolute atomic E-state index is 0. The highest BCUT2D eigenvalue weighted by Gasteiger charge is 2.12. The molecular weight excluding hydrogens is 407 g/mol. The van der Waals surface area contributed by atoms with Crippen molar-refractivity contribution in [3.05, 3.63) is 0 Å². The van der Waals surface area contributed by atoms with Crippen molar-refractivity contribution in [3.8, 4) is 0 Å². The van der Waals surface area contributed by atoms with Gasteiger partial charge in [-0.3, -0.25) is 9.89 Å². The predicted octanol–water partition coefficient (Wildman–Crippen LogP) is 1.94. The lowest BCUT2D eigenvalue weighted by atomic mass is 10.2. The van der Waals surface area contributed by atoms with Crippen LogP contribution in [0.3, 0.4) is 0 Å². The Hall–Kier alpha value is -0.120. The van der Waals surface area contributed by atoms with Crippen LogP contribution >= 0.6 is 24.0 Å². The maximum absolute atomic E-state index is 5.40. The van der Waals surface area contributed by atoms with Gasteiger partial charge in [0.15, 0.2) is 5.96 Å². The number of nitrogens with one attached hydrogen (secondary N) is 2. The van der Waals surface area contributed by atoms with Crippen LogP contribution in [0.15, 0.2) is 4.99 Å². The van der Waals surface area contributed by atoms with Gasteiger partial charge in [-0.2, -0.15) is 0 Å². The summed E-state index contributed by atoms with van der Waals surface area (Å²) in [6, 6.07) is 1.17. The van der Waals surface area contributed by atoms with Crippen LogP contribution in [0.4, 0.5) is 0 Å². The second-order valence-corrected chi connectivity index (χ2v) is 5.81. The van der Waals surface area contributed by atoms with E-state index < -0.39 is 0 Å². The first-order valence-corrected chi connectivity index (χ1v) is 8.29. The van der Waals surface area contributed by atoms with Gasteiger partial charge in [-0.25, -0.2) is 0 Å². The Morgan fingerprint density at radius 3 is 2.13 bits per heavy atom.